The zero-order valence-electron chi connectivity index (χ0n) is 12.9. The monoisotopic (exact) mass is 254 g/mol. The fourth-order valence-corrected chi connectivity index (χ4v) is 3.75. The summed E-state index contributed by atoms with van der Waals surface area (Å²) in [5.74, 6) is 0.920. The summed E-state index contributed by atoms with van der Waals surface area (Å²) < 4.78 is 0. The molecule has 0 aliphatic heterocycles. The van der Waals surface area contributed by atoms with Crippen LogP contribution in [0.4, 0.5) is 0 Å². The molecule has 1 aliphatic rings. The summed E-state index contributed by atoms with van der Waals surface area (Å²) >= 11 is 0. The minimum Gasteiger partial charge on any atom is -0.329 e. The van der Waals surface area contributed by atoms with E-state index in [9.17, 15) is 0 Å². The van der Waals surface area contributed by atoms with Gasteiger partial charge in [-0.15, -0.1) is 0 Å². The van der Waals surface area contributed by atoms with Crippen molar-refractivity contribution < 1.29 is 0 Å². The van der Waals surface area contributed by atoms with Crippen LogP contribution in [-0.2, 0) is 0 Å². The summed E-state index contributed by atoms with van der Waals surface area (Å²) in [6.07, 6.45) is 12.2. The molecule has 0 aromatic carbocycles. The number of nitrogens with zero attached hydrogens (tertiary/aromatic N) is 1. The van der Waals surface area contributed by atoms with Gasteiger partial charge in [0, 0.05) is 18.6 Å². The molecule has 1 fully saturated rings. The standard InChI is InChI=1S/C16H34N2/c1-4-11-16(14-17,12-5-2)18(3)13-15-9-7-6-8-10-15/h15H,4-14,17H2,1-3H3. The van der Waals surface area contributed by atoms with Gasteiger partial charge in [-0.2, -0.15) is 0 Å². The number of likely N-dealkylation sites (N-methyl/N-ethyl adjacent to an activating group) is 1. The molecule has 2 heteroatoms. The van der Waals surface area contributed by atoms with Crippen LogP contribution in [-0.4, -0.2) is 30.6 Å². The van der Waals surface area contributed by atoms with E-state index in [0.29, 0.717) is 0 Å². The Bertz CT molecular complexity index is 203. The molecule has 0 saturated heterocycles. The summed E-state index contributed by atoms with van der Waals surface area (Å²) in [5, 5.41) is 0. The maximum absolute atomic E-state index is 6.14. The van der Waals surface area contributed by atoms with E-state index in [1.165, 1.54) is 64.3 Å². The van der Waals surface area contributed by atoms with Crippen molar-refractivity contribution in [2.75, 3.05) is 20.1 Å². The number of hydrogen-bond acceptors (Lipinski definition) is 2. The summed E-state index contributed by atoms with van der Waals surface area (Å²) in [4.78, 5) is 2.61. The van der Waals surface area contributed by atoms with E-state index in [1.54, 1.807) is 0 Å². The van der Waals surface area contributed by atoms with Gasteiger partial charge in [0.15, 0.2) is 0 Å². The van der Waals surface area contributed by atoms with Gasteiger partial charge in [0.1, 0.15) is 0 Å². The molecule has 0 aromatic heterocycles. The van der Waals surface area contributed by atoms with Crippen LogP contribution in [0.1, 0.15) is 71.6 Å². The Kier molecular flexibility index (Phi) is 7.25. The molecule has 2 nitrogen and oxygen atoms in total. The number of nitrogens with two attached hydrogens (primary N) is 1. The SMILES string of the molecule is CCCC(CN)(CCC)N(C)CC1CCCCC1. The van der Waals surface area contributed by atoms with Gasteiger partial charge >= 0.3 is 0 Å². The predicted molar refractivity (Wildman–Crippen MR) is 80.8 cm³/mol. The second-order valence-electron chi connectivity index (χ2n) is 6.31. The molecule has 0 unspecified atom stereocenters. The van der Waals surface area contributed by atoms with Crippen LogP contribution in [0.2, 0.25) is 0 Å². The van der Waals surface area contributed by atoms with Crippen LogP contribution in [0.25, 0.3) is 0 Å². The van der Waals surface area contributed by atoms with Crippen LogP contribution in [0.5, 0.6) is 0 Å². The van der Waals surface area contributed by atoms with Crippen LogP contribution in [0.3, 0.4) is 0 Å². The topological polar surface area (TPSA) is 29.3 Å². The number of hydrogen-bond donors (Lipinski definition) is 1. The normalized spacial score (nSPS) is 18.5. The average Bonchev–Trinajstić information content (AvgIpc) is 2.39. The Labute approximate surface area is 114 Å². The smallest absolute Gasteiger partial charge is 0.0328 e. The predicted octanol–water partition coefficient (Wildman–Crippen LogP) is 3.80. The Morgan fingerprint density at radius 2 is 1.61 bits per heavy atom. The number of rotatable bonds is 8. The van der Waals surface area contributed by atoms with Gasteiger partial charge < -0.3 is 5.73 Å². The van der Waals surface area contributed by atoms with E-state index < -0.39 is 0 Å². The van der Waals surface area contributed by atoms with E-state index >= 15 is 0 Å². The van der Waals surface area contributed by atoms with Gasteiger partial charge in [-0.3, -0.25) is 4.90 Å². The molecular formula is C16H34N2. The molecule has 0 aromatic rings. The van der Waals surface area contributed by atoms with E-state index in [0.717, 1.165) is 12.5 Å². The summed E-state index contributed by atoms with van der Waals surface area (Å²) in [5.41, 5.74) is 6.41. The van der Waals surface area contributed by atoms with Gasteiger partial charge in [0.05, 0.1) is 0 Å². The zero-order chi connectivity index (χ0) is 13.4. The Morgan fingerprint density at radius 3 is 2.06 bits per heavy atom. The van der Waals surface area contributed by atoms with Crippen molar-refractivity contribution in [2.45, 2.75) is 77.2 Å². The summed E-state index contributed by atoms with van der Waals surface area (Å²) in [6.45, 7) is 6.65. The van der Waals surface area contributed by atoms with Crippen LogP contribution >= 0.6 is 0 Å². The minimum atomic E-state index is 0.265. The highest BCUT2D eigenvalue weighted by Gasteiger charge is 2.32. The zero-order valence-corrected chi connectivity index (χ0v) is 12.9. The van der Waals surface area contributed by atoms with Crippen molar-refractivity contribution >= 4 is 0 Å². The van der Waals surface area contributed by atoms with E-state index in [2.05, 4.69) is 25.8 Å². The molecule has 2 N–H and O–H groups in total. The van der Waals surface area contributed by atoms with Crippen molar-refractivity contribution in [2.24, 2.45) is 11.7 Å². The lowest BCUT2D eigenvalue weighted by atomic mass is 9.84. The lowest BCUT2D eigenvalue weighted by Crippen LogP contribution is -2.53. The largest absolute Gasteiger partial charge is 0.329 e. The second-order valence-corrected chi connectivity index (χ2v) is 6.31. The molecule has 1 rings (SSSR count). The third-order valence-corrected chi connectivity index (χ3v) is 4.88. The van der Waals surface area contributed by atoms with E-state index in [4.69, 9.17) is 5.73 Å². The van der Waals surface area contributed by atoms with Gasteiger partial charge in [-0.05, 0) is 38.6 Å². The van der Waals surface area contributed by atoms with Crippen LogP contribution in [0.15, 0.2) is 0 Å². The van der Waals surface area contributed by atoms with Crippen LogP contribution < -0.4 is 5.73 Å². The minimum absolute atomic E-state index is 0.265. The maximum Gasteiger partial charge on any atom is 0.0328 e. The average molecular weight is 254 g/mol. The first kappa shape index (κ1) is 16.0. The Morgan fingerprint density at radius 1 is 1.06 bits per heavy atom. The van der Waals surface area contributed by atoms with Crippen molar-refractivity contribution in [1.29, 1.82) is 0 Å². The molecule has 1 saturated carbocycles. The highest BCUT2D eigenvalue weighted by Crippen LogP contribution is 2.30. The molecule has 108 valence electrons. The fourth-order valence-electron chi connectivity index (χ4n) is 3.75. The fraction of sp³-hybridized carbons (Fsp3) is 1.00. The molecule has 0 amide bonds. The van der Waals surface area contributed by atoms with E-state index in [1.807, 2.05) is 0 Å². The molecule has 1 aliphatic carbocycles. The van der Waals surface area contributed by atoms with Gasteiger partial charge in [0.25, 0.3) is 0 Å². The quantitative estimate of drug-likeness (QED) is 0.714. The highest BCUT2D eigenvalue weighted by molar-refractivity contribution is 4.90. The first-order valence-corrected chi connectivity index (χ1v) is 8.09. The van der Waals surface area contributed by atoms with Crippen LogP contribution in [0, 0.1) is 5.92 Å². The summed E-state index contributed by atoms with van der Waals surface area (Å²) in [7, 11) is 2.31. The molecule has 0 heterocycles. The molecule has 0 bridgehead atoms. The van der Waals surface area contributed by atoms with Gasteiger partial charge in [-0.25, -0.2) is 0 Å². The Hall–Kier alpha value is -0.0800. The molecule has 0 radical (unpaired) electrons. The third kappa shape index (κ3) is 4.24. The lowest BCUT2D eigenvalue weighted by Gasteiger charge is -2.43. The molecule has 0 spiro atoms. The molecular weight excluding hydrogens is 220 g/mol. The van der Waals surface area contributed by atoms with Crippen molar-refractivity contribution in [3.63, 3.8) is 0 Å². The highest BCUT2D eigenvalue weighted by atomic mass is 15.2. The summed E-state index contributed by atoms with van der Waals surface area (Å²) in [6, 6.07) is 0. The third-order valence-electron chi connectivity index (χ3n) is 4.88. The van der Waals surface area contributed by atoms with Gasteiger partial charge in [-0.1, -0.05) is 46.0 Å². The lowest BCUT2D eigenvalue weighted by molar-refractivity contribution is 0.0775. The maximum atomic E-state index is 6.14. The van der Waals surface area contributed by atoms with Crippen molar-refractivity contribution in [3.8, 4) is 0 Å². The second kappa shape index (κ2) is 8.16. The first-order valence-electron chi connectivity index (χ1n) is 8.09. The van der Waals surface area contributed by atoms with E-state index in [-0.39, 0.29) is 5.54 Å². The molecule has 18 heavy (non-hydrogen) atoms. The first-order chi connectivity index (χ1) is 8.68. The molecule has 0 atom stereocenters. The van der Waals surface area contributed by atoms with Crippen molar-refractivity contribution in [1.82, 2.24) is 4.90 Å². The van der Waals surface area contributed by atoms with Crippen molar-refractivity contribution in [3.05, 3.63) is 0 Å². The van der Waals surface area contributed by atoms with Gasteiger partial charge in [0.2, 0.25) is 0 Å². The Balaban J connectivity index is 2.58.